The highest BCUT2D eigenvalue weighted by atomic mass is 16.5. The number of carbonyl (C=O) groups is 3. The van der Waals surface area contributed by atoms with Crippen LogP contribution >= 0.6 is 0 Å². The van der Waals surface area contributed by atoms with Gasteiger partial charge in [0.1, 0.15) is 12.3 Å². The van der Waals surface area contributed by atoms with Crippen LogP contribution in [0.3, 0.4) is 0 Å². The largest absolute Gasteiger partial charge is 0.482 e. The van der Waals surface area contributed by atoms with Crippen LogP contribution in [0.1, 0.15) is 15.9 Å². The Bertz CT molecular complexity index is 862. The Hall–Kier alpha value is -3.35. The molecule has 3 rings (SSSR count). The van der Waals surface area contributed by atoms with E-state index in [9.17, 15) is 14.4 Å². The number of rotatable bonds is 4. The maximum absolute atomic E-state index is 12.3. The van der Waals surface area contributed by atoms with Crippen molar-refractivity contribution in [3.05, 3.63) is 53.6 Å². The summed E-state index contributed by atoms with van der Waals surface area (Å²) in [5.74, 6) is -1.54. The molecule has 7 heteroatoms. The molecule has 0 saturated carbocycles. The molecule has 0 aromatic heterocycles. The van der Waals surface area contributed by atoms with Crippen LogP contribution in [0.4, 0.5) is 11.4 Å². The van der Waals surface area contributed by atoms with E-state index in [0.717, 1.165) is 5.56 Å². The Kier molecular flexibility index (Phi) is 4.38. The molecule has 25 heavy (non-hydrogen) atoms. The number of ether oxygens (including phenoxy) is 1. The third-order valence-electron chi connectivity index (χ3n) is 3.75. The van der Waals surface area contributed by atoms with Crippen LogP contribution in [0.15, 0.2) is 42.5 Å². The lowest BCUT2D eigenvalue weighted by Crippen LogP contribution is -2.43. The standard InChI is InChI=1S/C18H16N2O5/c1-11-3-2-4-13(7-11)19-16(21)9-20-14-6-5-12(18(23)24)8-15(14)25-10-17(20)22/h2-8H,9-10H2,1H3,(H,19,21)(H,23,24). The van der Waals surface area contributed by atoms with Gasteiger partial charge in [0.05, 0.1) is 11.3 Å². The number of fused-ring (bicyclic) bond motifs is 1. The summed E-state index contributed by atoms with van der Waals surface area (Å²) in [6, 6.07) is 11.5. The molecule has 1 heterocycles. The summed E-state index contributed by atoms with van der Waals surface area (Å²) < 4.78 is 5.29. The second-order valence-corrected chi connectivity index (χ2v) is 5.67. The van der Waals surface area contributed by atoms with E-state index in [0.29, 0.717) is 11.4 Å². The molecule has 0 aliphatic carbocycles. The van der Waals surface area contributed by atoms with Gasteiger partial charge in [-0.2, -0.15) is 0 Å². The van der Waals surface area contributed by atoms with Crippen LogP contribution in [0.2, 0.25) is 0 Å². The fourth-order valence-electron chi connectivity index (χ4n) is 2.58. The fourth-order valence-corrected chi connectivity index (χ4v) is 2.58. The highest BCUT2D eigenvalue weighted by Crippen LogP contribution is 2.32. The summed E-state index contributed by atoms with van der Waals surface area (Å²) in [5, 5.41) is 11.8. The summed E-state index contributed by atoms with van der Waals surface area (Å²) in [5.41, 5.74) is 2.08. The van der Waals surface area contributed by atoms with Crippen molar-refractivity contribution in [3.8, 4) is 5.75 Å². The molecule has 2 amide bonds. The molecule has 0 atom stereocenters. The number of aryl methyl sites for hydroxylation is 1. The number of anilines is 2. The zero-order valence-electron chi connectivity index (χ0n) is 13.5. The first-order chi connectivity index (χ1) is 11.9. The highest BCUT2D eigenvalue weighted by molar-refractivity contribution is 6.05. The van der Waals surface area contributed by atoms with E-state index in [-0.39, 0.29) is 36.3 Å². The number of nitrogens with zero attached hydrogens (tertiary/aromatic N) is 1. The molecule has 2 aromatic rings. The highest BCUT2D eigenvalue weighted by Gasteiger charge is 2.28. The summed E-state index contributed by atoms with van der Waals surface area (Å²) in [6.45, 7) is 1.49. The van der Waals surface area contributed by atoms with Crippen molar-refractivity contribution in [2.24, 2.45) is 0 Å². The second kappa shape index (κ2) is 6.64. The van der Waals surface area contributed by atoms with Crippen molar-refractivity contribution in [3.63, 3.8) is 0 Å². The first-order valence-corrected chi connectivity index (χ1v) is 7.61. The lowest BCUT2D eigenvalue weighted by Gasteiger charge is -2.29. The molecular weight excluding hydrogens is 324 g/mol. The van der Waals surface area contributed by atoms with Crippen molar-refractivity contribution in [1.29, 1.82) is 0 Å². The van der Waals surface area contributed by atoms with Crippen molar-refractivity contribution >= 4 is 29.2 Å². The number of carboxylic acids is 1. The van der Waals surface area contributed by atoms with E-state index >= 15 is 0 Å². The van der Waals surface area contributed by atoms with E-state index in [4.69, 9.17) is 9.84 Å². The van der Waals surface area contributed by atoms with Gasteiger partial charge in [0.15, 0.2) is 6.61 Å². The van der Waals surface area contributed by atoms with Gasteiger partial charge in [0, 0.05) is 5.69 Å². The minimum Gasteiger partial charge on any atom is -0.482 e. The Morgan fingerprint density at radius 2 is 2.04 bits per heavy atom. The smallest absolute Gasteiger partial charge is 0.335 e. The molecule has 1 aliphatic heterocycles. The third kappa shape index (κ3) is 3.60. The number of hydrogen-bond acceptors (Lipinski definition) is 4. The zero-order chi connectivity index (χ0) is 18.0. The van der Waals surface area contributed by atoms with Gasteiger partial charge in [-0.25, -0.2) is 4.79 Å². The average molecular weight is 340 g/mol. The first-order valence-electron chi connectivity index (χ1n) is 7.61. The monoisotopic (exact) mass is 340 g/mol. The Morgan fingerprint density at radius 3 is 2.76 bits per heavy atom. The minimum absolute atomic E-state index is 0.0530. The maximum atomic E-state index is 12.3. The van der Waals surface area contributed by atoms with Crippen molar-refractivity contribution in [2.75, 3.05) is 23.4 Å². The van der Waals surface area contributed by atoms with Gasteiger partial charge in [-0.3, -0.25) is 14.5 Å². The molecule has 7 nitrogen and oxygen atoms in total. The Morgan fingerprint density at radius 1 is 1.24 bits per heavy atom. The number of hydrogen-bond donors (Lipinski definition) is 2. The predicted octanol–water partition coefficient (Wildman–Crippen LogP) is 2.06. The minimum atomic E-state index is -1.09. The van der Waals surface area contributed by atoms with Gasteiger partial charge in [-0.15, -0.1) is 0 Å². The molecule has 1 aliphatic rings. The molecule has 2 aromatic carbocycles. The lowest BCUT2D eigenvalue weighted by molar-refractivity contribution is -0.123. The summed E-state index contributed by atoms with van der Waals surface area (Å²) in [6.07, 6.45) is 0. The van der Waals surface area contributed by atoms with Crippen molar-refractivity contribution in [1.82, 2.24) is 0 Å². The topological polar surface area (TPSA) is 95.9 Å². The van der Waals surface area contributed by atoms with Crippen LogP contribution in [0.5, 0.6) is 5.75 Å². The zero-order valence-corrected chi connectivity index (χ0v) is 13.5. The number of benzene rings is 2. The van der Waals surface area contributed by atoms with E-state index in [1.54, 1.807) is 6.07 Å². The second-order valence-electron chi connectivity index (χ2n) is 5.67. The number of amides is 2. The number of carboxylic acid groups (broad SMARTS) is 1. The van der Waals surface area contributed by atoms with Crippen LogP contribution in [0, 0.1) is 6.92 Å². The molecule has 0 unspecified atom stereocenters. The predicted molar refractivity (Wildman–Crippen MR) is 91.1 cm³/mol. The molecule has 128 valence electrons. The average Bonchev–Trinajstić information content (AvgIpc) is 2.57. The summed E-state index contributed by atoms with van der Waals surface area (Å²) >= 11 is 0. The van der Waals surface area contributed by atoms with E-state index in [2.05, 4.69) is 5.32 Å². The molecule has 0 bridgehead atoms. The molecule has 2 N–H and O–H groups in total. The van der Waals surface area contributed by atoms with Crippen LogP contribution in [-0.2, 0) is 9.59 Å². The summed E-state index contributed by atoms with van der Waals surface area (Å²) in [7, 11) is 0. The van der Waals surface area contributed by atoms with Crippen LogP contribution in [0.25, 0.3) is 0 Å². The Balaban J connectivity index is 1.79. The van der Waals surface area contributed by atoms with Crippen molar-refractivity contribution < 1.29 is 24.2 Å². The van der Waals surface area contributed by atoms with Gasteiger partial charge in [0.25, 0.3) is 5.91 Å². The number of carbonyl (C=O) groups excluding carboxylic acids is 2. The summed E-state index contributed by atoms with van der Waals surface area (Å²) in [4.78, 5) is 36.7. The quantitative estimate of drug-likeness (QED) is 0.888. The van der Waals surface area contributed by atoms with Gasteiger partial charge in [-0.1, -0.05) is 12.1 Å². The van der Waals surface area contributed by atoms with Gasteiger partial charge in [0.2, 0.25) is 5.91 Å². The van der Waals surface area contributed by atoms with Gasteiger partial charge >= 0.3 is 5.97 Å². The SMILES string of the molecule is Cc1cccc(NC(=O)CN2C(=O)COc3cc(C(=O)O)ccc32)c1. The van der Waals surface area contributed by atoms with Crippen LogP contribution in [-0.4, -0.2) is 36.0 Å². The van der Waals surface area contributed by atoms with Crippen LogP contribution < -0.4 is 15.0 Å². The molecule has 0 radical (unpaired) electrons. The number of nitrogens with one attached hydrogen (secondary N) is 1. The molecule has 0 fully saturated rings. The van der Waals surface area contributed by atoms with E-state index < -0.39 is 5.97 Å². The number of aromatic carboxylic acids is 1. The Labute approximate surface area is 143 Å². The van der Waals surface area contributed by atoms with Crippen molar-refractivity contribution in [2.45, 2.75) is 6.92 Å². The van der Waals surface area contributed by atoms with E-state index in [1.807, 2.05) is 25.1 Å². The first kappa shape index (κ1) is 16.5. The van der Waals surface area contributed by atoms with E-state index in [1.165, 1.54) is 23.1 Å². The normalized spacial score (nSPS) is 13.0. The van der Waals surface area contributed by atoms with Gasteiger partial charge in [-0.05, 0) is 42.8 Å². The maximum Gasteiger partial charge on any atom is 0.335 e. The molecular formula is C18H16N2O5. The van der Waals surface area contributed by atoms with Gasteiger partial charge < -0.3 is 15.2 Å². The fraction of sp³-hybridized carbons (Fsp3) is 0.167. The molecule has 0 spiro atoms. The lowest BCUT2D eigenvalue weighted by atomic mass is 10.1. The molecule has 0 saturated heterocycles. The third-order valence-corrected chi connectivity index (χ3v) is 3.75.